The van der Waals surface area contributed by atoms with Crippen molar-refractivity contribution >= 4 is 0 Å². The second kappa shape index (κ2) is 5.75. The van der Waals surface area contributed by atoms with Crippen molar-refractivity contribution in [1.82, 2.24) is 0 Å². The van der Waals surface area contributed by atoms with Crippen LogP contribution in [0.3, 0.4) is 0 Å². The van der Waals surface area contributed by atoms with E-state index in [4.69, 9.17) is 9.47 Å². The van der Waals surface area contributed by atoms with E-state index in [1.54, 1.807) is 6.92 Å². The van der Waals surface area contributed by atoms with Crippen LogP contribution < -0.4 is 0 Å². The molecule has 1 aromatic rings. The maximum atomic E-state index is 13.4. The van der Waals surface area contributed by atoms with Gasteiger partial charge in [0.25, 0.3) is 0 Å². The highest BCUT2D eigenvalue weighted by molar-refractivity contribution is 5.13. The number of rotatable bonds is 3. The molecule has 2 N–H and O–H groups in total. The molecule has 1 heterocycles. The third kappa shape index (κ3) is 2.87. The molecule has 1 aromatic carbocycles. The average Bonchev–Trinajstić information content (AvgIpc) is 2.37. The molecule has 0 aliphatic carbocycles. The fraction of sp³-hybridized carbons (Fsp3) is 0.538. The number of hydrogen-bond donors (Lipinski definition) is 2. The Morgan fingerprint density at radius 1 is 1.28 bits per heavy atom. The lowest BCUT2D eigenvalue weighted by Gasteiger charge is -2.38. The van der Waals surface area contributed by atoms with Crippen LogP contribution in [0, 0.1) is 0 Å². The summed E-state index contributed by atoms with van der Waals surface area (Å²) in [6.45, 7) is 1.90. The van der Waals surface area contributed by atoms with Gasteiger partial charge >= 0.3 is 0 Å². The molecule has 1 aliphatic rings. The van der Waals surface area contributed by atoms with Gasteiger partial charge in [0.1, 0.15) is 12.2 Å². The normalized spacial score (nSPS) is 36.6. The third-order valence-electron chi connectivity index (χ3n) is 3.04. The Kier molecular flexibility index (Phi) is 4.29. The van der Waals surface area contributed by atoms with Crippen LogP contribution in [0.4, 0.5) is 4.39 Å². The second-order valence-corrected chi connectivity index (χ2v) is 4.43. The topological polar surface area (TPSA) is 58.9 Å². The Balaban J connectivity index is 1.96. The largest absolute Gasteiger partial charge is 0.387 e. The van der Waals surface area contributed by atoms with E-state index in [1.165, 1.54) is 0 Å². The molecule has 4 nitrogen and oxygen atoms in total. The molecule has 18 heavy (non-hydrogen) atoms. The smallest absolute Gasteiger partial charge is 0.189 e. The first kappa shape index (κ1) is 13.4. The molecule has 0 saturated carbocycles. The zero-order chi connectivity index (χ0) is 13.1. The lowest BCUT2D eigenvalue weighted by Crippen LogP contribution is -2.55. The third-order valence-corrected chi connectivity index (χ3v) is 3.04. The quantitative estimate of drug-likeness (QED) is 0.847. The van der Waals surface area contributed by atoms with Crippen LogP contribution in [-0.2, 0) is 16.1 Å². The van der Waals surface area contributed by atoms with E-state index < -0.39 is 30.8 Å². The van der Waals surface area contributed by atoms with Crippen molar-refractivity contribution in [2.75, 3.05) is 0 Å². The fourth-order valence-corrected chi connectivity index (χ4v) is 2.00. The molecule has 0 spiro atoms. The molecule has 100 valence electrons. The van der Waals surface area contributed by atoms with Crippen molar-refractivity contribution < 1.29 is 24.1 Å². The molecular weight excluding hydrogens is 239 g/mol. The second-order valence-electron chi connectivity index (χ2n) is 4.43. The number of halogens is 1. The molecule has 0 bridgehead atoms. The van der Waals surface area contributed by atoms with Gasteiger partial charge in [0.15, 0.2) is 12.5 Å². The van der Waals surface area contributed by atoms with Crippen LogP contribution in [-0.4, -0.2) is 41.0 Å². The van der Waals surface area contributed by atoms with Gasteiger partial charge in [-0.2, -0.15) is 0 Å². The molecule has 5 atom stereocenters. The van der Waals surface area contributed by atoms with Gasteiger partial charge in [0.05, 0.1) is 12.7 Å². The Labute approximate surface area is 105 Å². The lowest BCUT2D eigenvalue weighted by molar-refractivity contribution is -0.271. The summed E-state index contributed by atoms with van der Waals surface area (Å²) in [5.41, 5.74) is 0.929. The molecule has 1 saturated heterocycles. The van der Waals surface area contributed by atoms with Gasteiger partial charge in [0.2, 0.25) is 0 Å². The maximum Gasteiger partial charge on any atom is 0.189 e. The van der Waals surface area contributed by atoms with E-state index in [2.05, 4.69) is 0 Å². The molecule has 0 amide bonds. The number of aliphatic hydroxyl groups is 2. The van der Waals surface area contributed by atoms with Gasteiger partial charge in [-0.05, 0) is 12.5 Å². The number of hydrogen-bond acceptors (Lipinski definition) is 4. The molecule has 0 radical (unpaired) electrons. The zero-order valence-electron chi connectivity index (χ0n) is 10.1. The fourth-order valence-electron chi connectivity index (χ4n) is 2.00. The summed E-state index contributed by atoms with van der Waals surface area (Å²) in [4.78, 5) is 0. The summed E-state index contributed by atoms with van der Waals surface area (Å²) in [5.74, 6) is 0. The Morgan fingerprint density at radius 2 is 1.94 bits per heavy atom. The predicted molar refractivity (Wildman–Crippen MR) is 62.5 cm³/mol. The van der Waals surface area contributed by atoms with Crippen LogP contribution in [0.25, 0.3) is 0 Å². The number of aliphatic hydroxyl groups excluding tert-OH is 2. The first-order chi connectivity index (χ1) is 8.59. The highest BCUT2D eigenvalue weighted by atomic mass is 19.1. The number of ether oxygens (including phenoxy) is 2. The van der Waals surface area contributed by atoms with Crippen LogP contribution in [0.15, 0.2) is 30.3 Å². The minimum Gasteiger partial charge on any atom is -0.387 e. The zero-order valence-corrected chi connectivity index (χ0v) is 10.1. The minimum absolute atomic E-state index is 0.263. The van der Waals surface area contributed by atoms with E-state index >= 15 is 0 Å². The van der Waals surface area contributed by atoms with Crippen LogP contribution in [0.5, 0.6) is 0 Å². The molecule has 1 fully saturated rings. The van der Waals surface area contributed by atoms with Gasteiger partial charge in [-0.25, -0.2) is 4.39 Å². The summed E-state index contributed by atoms with van der Waals surface area (Å²) >= 11 is 0. The molecular formula is C13H17FO4. The first-order valence-electron chi connectivity index (χ1n) is 5.91. The van der Waals surface area contributed by atoms with Gasteiger partial charge < -0.3 is 19.7 Å². The summed E-state index contributed by atoms with van der Waals surface area (Å²) < 4.78 is 23.9. The van der Waals surface area contributed by atoms with Crippen molar-refractivity contribution in [3.05, 3.63) is 35.9 Å². The van der Waals surface area contributed by atoms with Crippen molar-refractivity contribution in [2.45, 2.75) is 44.3 Å². The van der Waals surface area contributed by atoms with Crippen molar-refractivity contribution in [2.24, 2.45) is 0 Å². The highest BCUT2D eigenvalue weighted by Gasteiger charge is 2.43. The van der Waals surface area contributed by atoms with E-state index in [0.717, 1.165) is 5.56 Å². The molecule has 5 heteroatoms. The van der Waals surface area contributed by atoms with E-state index in [1.807, 2.05) is 30.3 Å². The van der Waals surface area contributed by atoms with Gasteiger partial charge in [-0.15, -0.1) is 0 Å². The highest BCUT2D eigenvalue weighted by Crippen LogP contribution is 2.25. The number of alkyl halides is 1. The average molecular weight is 256 g/mol. The summed E-state index contributed by atoms with van der Waals surface area (Å²) in [6.07, 6.45) is -6.17. The van der Waals surface area contributed by atoms with Crippen molar-refractivity contribution in [3.8, 4) is 0 Å². The molecule has 1 aliphatic heterocycles. The van der Waals surface area contributed by atoms with Crippen molar-refractivity contribution in [1.29, 1.82) is 0 Å². The van der Waals surface area contributed by atoms with Crippen LogP contribution in [0.2, 0.25) is 0 Å². The SMILES string of the molecule is C[C@@H]1O[C@@H](O)[C@H](F)[C@H](O)[C@@H]1OCc1ccccc1. The Bertz CT molecular complexity index is 373. The van der Waals surface area contributed by atoms with Gasteiger partial charge in [-0.1, -0.05) is 30.3 Å². The van der Waals surface area contributed by atoms with E-state index in [-0.39, 0.29) is 6.61 Å². The summed E-state index contributed by atoms with van der Waals surface area (Å²) in [7, 11) is 0. The Hall–Kier alpha value is -1.01. The monoisotopic (exact) mass is 256 g/mol. The van der Waals surface area contributed by atoms with Gasteiger partial charge in [0, 0.05) is 0 Å². The maximum absolute atomic E-state index is 13.4. The van der Waals surface area contributed by atoms with Crippen LogP contribution >= 0.6 is 0 Å². The van der Waals surface area contributed by atoms with Gasteiger partial charge in [-0.3, -0.25) is 0 Å². The molecule has 2 rings (SSSR count). The Morgan fingerprint density at radius 3 is 2.61 bits per heavy atom. The number of benzene rings is 1. The van der Waals surface area contributed by atoms with Crippen LogP contribution in [0.1, 0.15) is 12.5 Å². The molecule has 0 unspecified atom stereocenters. The lowest BCUT2D eigenvalue weighted by atomic mass is 10.0. The predicted octanol–water partition coefficient (Wildman–Crippen LogP) is 1.01. The summed E-state index contributed by atoms with van der Waals surface area (Å²) in [5, 5.41) is 18.9. The standard InChI is InChI=1S/C13H17FO4/c1-8-12(11(15)10(14)13(16)18-8)17-7-9-5-3-2-4-6-9/h2-6,8,10-13,15-16H,7H2,1H3/t8-,10+,11-,12+,13+/m0/s1. The van der Waals surface area contributed by atoms with E-state index in [9.17, 15) is 14.6 Å². The summed E-state index contributed by atoms with van der Waals surface area (Å²) in [6, 6.07) is 9.39. The first-order valence-corrected chi connectivity index (χ1v) is 5.91. The minimum atomic E-state index is -1.85. The molecule has 0 aromatic heterocycles. The van der Waals surface area contributed by atoms with E-state index in [0.29, 0.717) is 0 Å². The van der Waals surface area contributed by atoms with Crippen molar-refractivity contribution in [3.63, 3.8) is 0 Å².